The van der Waals surface area contributed by atoms with Crippen molar-refractivity contribution in [3.05, 3.63) is 0 Å². The van der Waals surface area contributed by atoms with Gasteiger partial charge in [0.1, 0.15) is 12.6 Å². The summed E-state index contributed by atoms with van der Waals surface area (Å²) < 4.78 is 0. The summed E-state index contributed by atoms with van der Waals surface area (Å²) in [4.78, 5) is 36.5. The van der Waals surface area contributed by atoms with E-state index in [0.717, 1.165) is 12.8 Å². The van der Waals surface area contributed by atoms with Crippen molar-refractivity contribution in [1.29, 1.82) is 0 Å². The number of hydrogen-bond acceptors (Lipinski definition) is 4. The van der Waals surface area contributed by atoms with Crippen molar-refractivity contribution in [2.45, 2.75) is 38.8 Å². The van der Waals surface area contributed by atoms with E-state index in [1.165, 1.54) is 4.90 Å². The second-order valence-corrected chi connectivity index (χ2v) is 5.14. The van der Waals surface area contributed by atoms with Gasteiger partial charge in [-0.15, -0.1) is 0 Å². The molecule has 0 aromatic rings. The molecule has 2 saturated heterocycles. The van der Waals surface area contributed by atoms with Gasteiger partial charge in [0.05, 0.1) is 5.92 Å². The Labute approximate surface area is 106 Å². The maximum absolute atomic E-state index is 12.3. The van der Waals surface area contributed by atoms with Crippen LogP contribution in [-0.2, 0) is 14.4 Å². The maximum Gasteiger partial charge on any atom is 0.249 e. The van der Waals surface area contributed by atoms with E-state index in [1.807, 2.05) is 0 Å². The SMILES string of the molecule is CC1CCC(C(=O)N2CC(=O)NC(=O)C2C)CN1. The average Bonchev–Trinajstić information content (AvgIpc) is 2.34. The lowest BCUT2D eigenvalue weighted by atomic mass is 9.93. The van der Waals surface area contributed by atoms with Crippen LogP contribution >= 0.6 is 0 Å². The molecule has 0 aromatic heterocycles. The van der Waals surface area contributed by atoms with Gasteiger partial charge in [-0.05, 0) is 26.7 Å². The molecule has 2 aliphatic heterocycles. The van der Waals surface area contributed by atoms with E-state index < -0.39 is 17.9 Å². The van der Waals surface area contributed by atoms with Gasteiger partial charge < -0.3 is 10.2 Å². The van der Waals surface area contributed by atoms with E-state index in [1.54, 1.807) is 6.92 Å². The first-order chi connectivity index (χ1) is 8.49. The molecule has 2 heterocycles. The zero-order valence-corrected chi connectivity index (χ0v) is 10.7. The molecule has 2 rings (SSSR count). The molecule has 0 saturated carbocycles. The van der Waals surface area contributed by atoms with Crippen LogP contribution < -0.4 is 10.6 Å². The van der Waals surface area contributed by atoms with Gasteiger partial charge in [0.25, 0.3) is 0 Å². The zero-order valence-electron chi connectivity index (χ0n) is 10.7. The summed E-state index contributed by atoms with van der Waals surface area (Å²) in [5.41, 5.74) is 0. The van der Waals surface area contributed by atoms with Gasteiger partial charge in [0.15, 0.2) is 0 Å². The smallest absolute Gasteiger partial charge is 0.249 e. The minimum absolute atomic E-state index is 0.0161. The summed E-state index contributed by atoms with van der Waals surface area (Å²) in [6.45, 7) is 4.34. The molecule has 3 atom stereocenters. The maximum atomic E-state index is 12.3. The van der Waals surface area contributed by atoms with Crippen molar-refractivity contribution in [3.8, 4) is 0 Å². The zero-order chi connectivity index (χ0) is 13.3. The molecule has 18 heavy (non-hydrogen) atoms. The Hall–Kier alpha value is -1.43. The molecule has 3 amide bonds. The Morgan fingerprint density at radius 1 is 1.28 bits per heavy atom. The Morgan fingerprint density at radius 2 is 2.00 bits per heavy atom. The molecule has 0 aromatic carbocycles. The molecule has 2 aliphatic rings. The van der Waals surface area contributed by atoms with Gasteiger partial charge in [0, 0.05) is 12.6 Å². The van der Waals surface area contributed by atoms with E-state index in [0.29, 0.717) is 12.6 Å². The lowest BCUT2D eigenvalue weighted by molar-refractivity contribution is -0.152. The van der Waals surface area contributed by atoms with Crippen molar-refractivity contribution in [3.63, 3.8) is 0 Å². The number of amides is 3. The van der Waals surface area contributed by atoms with Gasteiger partial charge in [-0.2, -0.15) is 0 Å². The van der Waals surface area contributed by atoms with Gasteiger partial charge in [-0.3, -0.25) is 19.7 Å². The predicted molar refractivity (Wildman–Crippen MR) is 64.5 cm³/mol. The molecule has 0 aliphatic carbocycles. The number of nitrogens with zero attached hydrogens (tertiary/aromatic N) is 1. The van der Waals surface area contributed by atoms with Crippen molar-refractivity contribution >= 4 is 17.7 Å². The highest BCUT2D eigenvalue weighted by molar-refractivity contribution is 6.04. The fourth-order valence-electron chi connectivity index (χ4n) is 2.43. The second-order valence-electron chi connectivity index (χ2n) is 5.14. The van der Waals surface area contributed by atoms with Gasteiger partial charge in [-0.25, -0.2) is 0 Å². The summed E-state index contributed by atoms with van der Waals surface area (Å²) in [7, 11) is 0. The summed E-state index contributed by atoms with van der Waals surface area (Å²) in [6, 6.07) is -0.132. The van der Waals surface area contributed by atoms with Gasteiger partial charge in [-0.1, -0.05) is 0 Å². The number of nitrogens with one attached hydrogen (secondary N) is 2. The quantitative estimate of drug-likeness (QED) is 0.603. The van der Waals surface area contributed by atoms with Crippen LogP contribution in [0.4, 0.5) is 0 Å². The molecular formula is C12H19N3O3. The third kappa shape index (κ3) is 2.53. The minimum Gasteiger partial charge on any atom is -0.321 e. The van der Waals surface area contributed by atoms with E-state index in [4.69, 9.17) is 0 Å². The average molecular weight is 253 g/mol. The summed E-state index contributed by atoms with van der Waals surface area (Å²) >= 11 is 0. The summed E-state index contributed by atoms with van der Waals surface area (Å²) in [5.74, 6) is -1.01. The van der Waals surface area contributed by atoms with Crippen molar-refractivity contribution < 1.29 is 14.4 Å². The highest BCUT2D eigenvalue weighted by atomic mass is 16.2. The first kappa shape index (κ1) is 13.0. The van der Waals surface area contributed by atoms with Crippen LogP contribution in [0.15, 0.2) is 0 Å². The monoisotopic (exact) mass is 253 g/mol. The second kappa shape index (κ2) is 5.06. The van der Waals surface area contributed by atoms with Crippen molar-refractivity contribution in [2.75, 3.05) is 13.1 Å². The van der Waals surface area contributed by atoms with E-state index in [9.17, 15) is 14.4 Å². The van der Waals surface area contributed by atoms with Crippen LogP contribution in [0.2, 0.25) is 0 Å². The molecule has 100 valence electrons. The number of hydrogen-bond donors (Lipinski definition) is 2. The van der Waals surface area contributed by atoms with Crippen LogP contribution in [0, 0.1) is 5.92 Å². The first-order valence-corrected chi connectivity index (χ1v) is 6.36. The standard InChI is InChI=1S/C12H19N3O3/c1-7-3-4-9(5-13-7)12(18)15-6-10(16)14-11(17)8(15)2/h7-9,13H,3-6H2,1-2H3,(H,14,16,17). The lowest BCUT2D eigenvalue weighted by Crippen LogP contribution is -2.60. The molecule has 2 fully saturated rings. The molecule has 0 bridgehead atoms. The molecular weight excluding hydrogens is 234 g/mol. The highest BCUT2D eigenvalue weighted by Gasteiger charge is 2.37. The van der Waals surface area contributed by atoms with Crippen LogP contribution in [-0.4, -0.2) is 47.8 Å². The normalized spacial score (nSPS) is 33.2. The molecule has 2 N–H and O–H groups in total. The van der Waals surface area contributed by atoms with Crippen LogP contribution in [0.3, 0.4) is 0 Å². The van der Waals surface area contributed by atoms with Gasteiger partial charge in [0.2, 0.25) is 17.7 Å². The summed E-state index contributed by atoms with van der Waals surface area (Å²) in [6.07, 6.45) is 1.75. The van der Waals surface area contributed by atoms with E-state index in [-0.39, 0.29) is 18.4 Å². The number of rotatable bonds is 1. The Morgan fingerprint density at radius 3 is 2.61 bits per heavy atom. The highest BCUT2D eigenvalue weighted by Crippen LogP contribution is 2.19. The molecule has 6 nitrogen and oxygen atoms in total. The molecule has 3 unspecified atom stereocenters. The van der Waals surface area contributed by atoms with Crippen LogP contribution in [0.1, 0.15) is 26.7 Å². The topological polar surface area (TPSA) is 78.5 Å². The Bertz CT molecular complexity index is 375. The molecule has 0 spiro atoms. The molecule has 6 heteroatoms. The van der Waals surface area contributed by atoms with Crippen molar-refractivity contribution in [1.82, 2.24) is 15.5 Å². The van der Waals surface area contributed by atoms with Crippen LogP contribution in [0.5, 0.6) is 0 Å². The number of imide groups is 1. The number of carbonyl (C=O) groups excluding carboxylic acids is 3. The number of carbonyl (C=O) groups is 3. The van der Waals surface area contributed by atoms with Crippen molar-refractivity contribution in [2.24, 2.45) is 5.92 Å². The fraction of sp³-hybridized carbons (Fsp3) is 0.750. The largest absolute Gasteiger partial charge is 0.321 e. The first-order valence-electron chi connectivity index (χ1n) is 6.36. The van der Waals surface area contributed by atoms with Gasteiger partial charge >= 0.3 is 0 Å². The third-order valence-corrected chi connectivity index (χ3v) is 3.72. The number of piperazine rings is 1. The Kier molecular flexibility index (Phi) is 3.65. The minimum atomic E-state index is -0.561. The van der Waals surface area contributed by atoms with E-state index in [2.05, 4.69) is 17.6 Å². The third-order valence-electron chi connectivity index (χ3n) is 3.72. The predicted octanol–water partition coefficient (Wildman–Crippen LogP) is -0.752. The number of piperidine rings is 1. The van der Waals surface area contributed by atoms with Crippen LogP contribution in [0.25, 0.3) is 0 Å². The Balaban J connectivity index is 2.03. The molecule has 0 radical (unpaired) electrons. The van der Waals surface area contributed by atoms with E-state index >= 15 is 0 Å². The lowest BCUT2D eigenvalue weighted by Gasteiger charge is -2.36. The fourth-order valence-corrected chi connectivity index (χ4v) is 2.43. The summed E-state index contributed by atoms with van der Waals surface area (Å²) in [5, 5.41) is 5.49.